The van der Waals surface area contributed by atoms with Crippen LogP contribution in [0.25, 0.3) is 16.2 Å². The molecule has 0 aliphatic carbocycles. The summed E-state index contributed by atoms with van der Waals surface area (Å²) in [5.74, 6) is -0.631. The number of rotatable bonds is 4. The zero-order valence-corrected chi connectivity index (χ0v) is 13.3. The minimum absolute atomic E-state index is 0.0335. The molecule has 0 N–H and O–H groups in total. The predicted molar refractivity (Wildman–Crippen MR) is 87.4 cm³/mol. The number of hydrogen-bond donors (Lipinski definition) is 0. The van der Waals surface area contributed by atoms with Crippen LogP contribution in [0.15, 0.2) is 40.5 Å². The van der Waals surface area contributed by atoms with E-state index in [0.29, 0.717) is 16.2 Å². The van der Waals surface area contributed by atoms with Crippen LogP contribution < -0.4 is 5.56 Å². The lowest BCUT2D eigenvalue weighted by molar-refractivity contribution is -0.384. The summed E-state index contributed by atoms with van der Waals surface area (Å²) in [6.45, 7) is 1.85. The van der Waals surface area contributed by atoms with Gasteiger partial charge in [-0.2, -0.15) is 4.98 Å². The quantitative estimate of drug-likeness (QED) is 0.409. The lowest BCUT2D eigenvalue weighted by atomic mass is 10.1. The summed E-state index contributed by atoms with van der Waals surface area (Å²) in [6.07, 6.45) is 0. The number of nitrogens with zero attached hydrogens (tertiary/aromatic N) is 3. The molecule has 0 fully saturated rings. The van der Waals surface area contributed by atoms with Crippen molar-refractivity contribution in [2.75, 3.05) is 6.61 Å². The van der Waals surface area contributed by atoms with Crippen LogP contribution in [0.1, 0.15) is 17.4 Å². The van der Waals surface area contributed by atoms with E-state index >= 15 is 0 Å². The van der Waals surface area contributed by atoms with Gasteiger partial charge < -0.3 is 4.74 Å². The third-order valence-electron chi connectivity index (χ3n) is 3.27. The Kier molecular flexibility index (Phi) is 4.09. The Morgan fingerprint density at radius 2 is 2.08 bits per heavy atom. The number of hydrogen-bond acceptors (Lipinski definition) is 7. The van der Waals surface area contributed by atoms with E-state index in [0.717, 1.165) is 6.07 Å². The molecule has 0 saturated heterocycles. The second kappa shape index (κ2) is 6.20. The van der Waals surface area contributed by atoms with Gasteiger partial charge in [0.05, 0.1) is 17.2 Å². The highest BCUT2D eigenvalue weighted by Gasteiger charge is 2.18. The van der Waals surface area contributed by atoms with Crippen molar-refractivity contribution in [3.05, 3.63) is 61.9 Å². The summed E-state index contributed by atoms with van der Waals surface area (Å²) in [7, 11) is 0. The maximum absolute atomic E-state index is 12.1. The summed E-state index contributed by atoms with van der Waals surface area (Å²) in [4.78, 5) is 38.3. The van der Waals surface area contributed by atoms with Gasteiger partial charge in [-0.15, -0.1) is 11.3 Å². The van der Waals surface area contributed by atoms with E-state index < -0.39 is 16.5 Å². The number of nitro groups is 1. The first-order chi connectivity index (χ1) is 11.5. The van der Waals surface area contributed by atoms with Crippen LogP contribution in [-0.2, 0) is 4.74 Å². The monoisotopic (exact) mass is 345 g/mol. The van der Waals surface area contributed by atoms with Gasteiger partial charge in [0.2, 0.25) is 0 Å². The molecule has 8 nitrogen and oxygen atoms in total. The molecular weight excluding hydrogens is 334 g/mol. The second-order valence-corrected chi connectivity index (χ2v) is 5.58. The topological polar surface area (TPSA) is 104 Å². The average Bonchev–Trinajstić information content (AvgIpc) is 2.98. The molecule has 24 heavy (non-hydrogen) atoms. The standard InChI is InChI=1S/C15H11N3O5S/c1-2-23-14(20)11-7-13(19)16-15-17(11)12(8-24-15)9-3-5-10(6-4-9)18(21)22/h3-8H,2H2,1H3. The number of benzene rings is 1. The smallest absolute Gasteiger partial charge is 0.355 e. The van der Waals surface area contributed by atoms with Crippen LogP contribution in [-0.4, -0.2) is 26.9 Å². The second-order valence-electron chi connectivity index (χ2n) is 4.74. The van der Waals surface area contributed by atoms with Crippen molar-refractivity contribution in [2.45, 2.75) is 6.92 Å². The van der Waals surface area contributed by atoms with Crippen molar-refractivity contribution in [3.63, 3.8) is 0 Å². The molecule has 0 spiro atoms. The van der Waals surface area contributed by atoms with Crippen molar-refractivity contribution in [3.8, 4) is 11.3 Å². The normalized spacial score (nSPS) is 10.7. The molecule has 0 atom stereocenters. The van der Waals surface area contributed by atoms with Gasteiger partial charge in [0.15, 0.2) is 4.96 Å². The van der Waals surface area contributed by atoms with Crippen molar-refractivity contribution in [2.24, 2.45) is 0 Å². The zero-order valence-electron chi connectivity index (χ0n) is 12.5. The molecule has 9 heteroatoms. The van der Waals surface area contributed by atoms with Gasteiger partial charge in [-0.25, -0.2) is 4.79 Å². The number of thiazole rings is 1. The first-order valence-corrected chi connectivity index (χ1v) is 7.82. The summed E-state index contributed by atoms with van der Waals surface area (Å²) < 4.78 is 6.51. The summed E-state index contributed by atoms with van der Waals surface area (Å²) in [5, 5.41) is 12.5. The molecule has 0 unspecified atom stereocenters. The van der Waals surface area contributed by atoms with Crippen molar-refractivity contribution < 1.29 is 14.5 Å². The van der Waals surface area contributed by atoms with Crippen LogP contribution >= 0.6 is 11.3 Å². The van der Waals surface area contributed by atoms with E-state index in [-0.39, 0.29) is 18.0 Å². The molecular formula is C15H11N3O5S. The lowest BCUT2D eigenvalue weighted by Gasteiger charge is -2.08. The Balaban J connectivity index is 2.20. The molecule has 0 radical (unpaired) electrons. The molecule has 2 aromatic heterocycles. The highest BCUT2D eigenvalue weighted by Crippen LogP contribution is 2.27. The molecule has 3 aromatic rings. The third kappa shape index (κ3) is 2.76. The zero-order chi connectivity index (χ0) is 17.3. The Morgan fingerprint density at radius 1 is 1.38 bits per heavy atom. The lowest BCUT2D eigenvalue weighted by Crippen LogP contribution is -2.17. The number of non-ortho nitro benzene ring substituents is 1. The average molecular weight is 345 g/mol. The Hall–Kier alpha value is -3.07. The van der Waals surface area contributed by atoms with Crippen molar-refractivity contribution in [1.29, 1.82) is 0 Å². The van der Waals surface area contributed by atoms with Gasteiger partial charge >= 0.3 is 5.97 Å². The van der Waals surface area contributed by atoms with Gasteiger partial charge in [0.1, 0.15) is 5.69 Å². The molecule has 1 aromatic carbocycles. The Labute approximate surface area is 139 Å². The third-order valence-corrected chi connectivity index (χ3v) is 4.10. The highest BCUT2D eigenvalue weighted by molar-refractivity contribution is 7.15. The Morgan fingerprint density at radius 3 is 2.71 bits per heavy atom. The summed E-state index contributed by atoms with van der Waals surface area (Å²) in [6, 6.07) is 7.02. The molecule has 3 rings (SSSR count). The van der Waals surface area contributed by atoms with Gasteiger partial charge in [-0.05, 0) is 24.6 Å². The van der Waals surface area contributed by atoms with Gasteiger partial charge in [-0.3, -0.25) is 19.3 Å². The maximum Gasteiger partial charge on any atom is 0.355 e. The molecule has 0 aliphatic heterocycles. The molecule has 0 saturated carbocycles. The minimum Gasteiger partial charge on any atom is -0.461 e. The van der Waals surface area contributed by atoms with Crippen LogP contribution in [0.5, 0.6) is 0 Å². The molecule has 0 amide bonds. The van der Waals surface area contributed by atoms with Crippen LogP contribution in [0.2, 0.25) is 0 Å². The van der Waals surface area contributed by atoms with E-state index in [2.05, 4.69) is 4.98 Å². The number of ether oxygens (including phenoxy) is 1. The van der Waals surface area contributed by atoms with Gasteiger partial charge in [0, 0.05) is 23.6 Å². The molecule has 0 aliphatic rings. The number of carbonyl (C=O) groups is 1. The van der Waals surface area contributed by atoms with Crippen LogP contribution in [0.3, 0.4) is 0 Å². The van der Waals surface area contributed by atoms with Crippen LogP contribution in [0.4, 0.5) is 5.69 Å². The van der Waals surface area contributed by atoms with Gasteiger partial charge in [0.25, 0.3) is 11.2 Å². The number of carbonyl (C=O) groups excluding carboxylic acids is 1. The maximum atomic E-state index is 12.1. The molecule has 122 valence electrons. The molecule has 0 bridgehead atoms. The number of esters is 1. The number of aromatic nitrogens is 2. The fourth-order valence-electron chi connectivity index (χ4n) is 2.24. The number of nitro benzene ring substituents is 1. The van der Waals surface area contributed by atoms with Gasteiger partial charge in [-0.1, -0.05) is 0 Å². The minimum atomic E-state index is -0.631. The fraction of sp³-hybridized carbons (Fsp3) is 0.133. The van der Waals surface area contributed by atoms with E-state index in [1.807, 2.05) is 0 Å². The predicted octanol–water partition coefficient (Wildman–Crippen LogP) is 2.51. The van der Waals surface area contributed by atoms with Crippen molar-refractivity contribution >= 4 is 28.0 Å². The highest BCUT2D eigenvalue weighted by atomic mass is 32.1. The Bertz CT molecular complexity index is 991. The fourth-order valence-corrected chi connectivity index (χ4v) is 3.14. The summed E-state index contributed by atoms with van der Waals surface area (Å²) >= 11 is 1.19. The summed E-state index contributed by atoms with van der Waals surface area (Å²) in [5.41, 5.74) is 0.758. The largest absolute Gasteiger partial charge is 0.461 e. The first-order valence-electron chi connectivity index (χ1n) is 6.94. The van der Waals surface area contributed by atoms with E-state index in [9.17, 15) is 19.7 Å². The number of fused-ring (bicyclic) bond motifs is 1. The SMILES string of the molecule is CCOC(=O)c1cc(=O)nc2scc(-c3ccc([N+](=O)[O-])cc3)n12. The first kappa shape index (κ1) is 15.8. The van der Waals surface area contributed by atoms with Crippen LogP contribution in [0, 0.1) is 10.1 Å². The molecule has 2 heterocycles. The van der Waals surface area contributed by atoms with E-state index in [1.54, 1.807) is 24.4 Å². The van der Waals surface area contributed by atoms with E-state index in [1.165, 1.54) is 27.9 Å². The van der Waals surface area contributed by atoms with E-state index in [4.69, 9.17) is 4.74 Å². The van der Waals surface area contributed by atoms with Crippen molar-refractivity contribution in [1.82, 2.24) is 9.38 Å².